The lowest BCUT2D eigenvalue weighted by molar-refractivity contribution is 0.992. The summed E-state index contributed by atoms with van der Waals surface area (Å²) in [5.74, 6) is 0. The average Bonchev–Trinajstić information content (AvgIpc) is 1.49. The van der Waals surface area contributed by atoms with Crippen LogP contribution in [0, 0.1) is 11.3 Å². The lowest BCUT2D eigenvalue weighted by Crippen LogP contribution is -2.18. The zero-order valence-electron chi connectivity index (χ0n) is 52.5. The molecule has 0 spiro atoms. The van der Waals surface area contributed by atoms with E-state index in [-0.39, 0.29) is 7.43 Å². The Kier molecular flexibility index (Phi) is 12.8. The van der Waals surface area contributed by atoms with E-state index in [1.165, 1.54) is 0 Å². The molecule has 98 heavy (non-hydrogen) atoms. The predicted molar refractivity (Wildman–Crippen MR) is 411 cm³/mol. The van der Waals surface area contributed by atoms with Gasteiger partial charge >= 0.3 is 0 Å². The Bertz CT molecular complexity index is 5980. The first-order valence-electron chi connectivity index (χ1n) is 33.1. The van der Waals surface area contributed by atoms with Crippen LogP contribution in [-0.2, 0) is 0 Å². The molecule has 5 heterocycles. The van der Waals surface area contributed by atoms with Crippen LogP contribution in [-0.4, -0.2) is 22.8 Å². The van der Waals surface area contributed by atoms with E-state index in [0.717, 1.165) is 182 Å². The molecular formula is C92H60N6. The molecule has 20 rings (SSSR count). The fraction of sp³-hybridized carbons (Fsp3) is 0.0109. The zero-order chi connectivity index (χ0) is 63.8. The number of hydrogen-bond donors (Lipinski definition) is 0. The molecular weight excluding hydrogens is 1190 g/mol. The second-order valence-electron chi connectivity index (χ2n) is 25.4. The van der Waals surface area contributed by atoms with Gasteiger partial charge in [-0.05, 0) is 129 Å². The molecule has 0 fully saturated rings. The first-order chi connectivity index (χ1) is 48.1. The van der Waals surface area contributed by atoms with Gasteiger partial charge in [-0.1, -0.05) is 262 Å². The molecule has 0 saturated carbocycles. The third-order valence-electron chi connectivity index (χ3n) is 20.3. The van der Waals surface area contributed by atoms with Gasteiger partial charge in [0.05, 0.1) is 83.6 Å². The van der Waals surface area contributed by atoms with Gasteiger partial charge in [0.1, 0.15) is 11.6 Å². The summed E-state index contributed by atoms with van der Waals surface area (Å²) in [6, 6.07) is 127. The van der Waals surface area contributed by atoms with Crippen LogP contribution in [0.2, 0.25) is 0 Å². The van der Waals surface area contributed by atoms with Crippen LogP contribution in [0.15, 0.2) is 340 Å². The van der Waals surface area contributed by atoms with E-state index >= 15 is 0 Å². The highest BCUT2D eigenvalue weighted by Gasteiger charge is 2.37. The molecule has 0 unspecified atom stereocenters. The van der Waals surface area contributed by atoms with Crippen LogP contribution in [0.3, 0.4) is 0 Å². The summed E-state index contributed by atoms with van der Waals surface area (Å²) in [6.45, 7) is 0. The molecule has 0 saturated heterocycles. The maximum Gasteiger partial charge on any atom is 0.105 e. The van der Waals surface area contributed by atoms with Crippen molar-refractivity contribution in [1.82, 2.24) is 22.8 Å². The highest BCUT2D eigenvalue weighted by molar-refractivity contribution is 6.19. The minimum atomic E-state index is 0. The Labute approximate surface area is 565 Å². The topological polar surface area (TPSA) is 48.4 Å². The molecule has 6 heteroatoms. The van der Waals surface area contributed by atoms with Crippen molar-refractivity contribution in [2.45, 2.75) is 7.43 Å². The second-order valence-corrected chi connectivity index (χ2v) is 25.4. The number of para-hydroxylation sites is 6. The Hall–Kier alpha value is -13.2. The molecule has 6 nitrogen and oxygen atoms in total. The second kappa shape index (κ2) is 22.2. The number of fused-ring (bicyclic) bond motifs is 15. The SMILES string of the molecule is C.N#Cc1c(-n2c3ccccc3c3ccccc32)c(-n2c3ccc(-c4ccccc4)cc3c3cc(-c4ccccc4)ccc32)c(-n2c3ccccc3c3ccccc32)c(-n2c3ccc(-c4ccccc4)cc3c3cc(-c4ccccc4)ccc32)c1-n1c2ccccc2c2ccccc21. The van der Waals surface area contributed by atoms with Crippen molar-refractivity contribution in [2.24, 2.45) is 0 Å². The molecule has 5 aromatic heterocycles. The van der Waals surface area contributed by atoms with Crippen molar-refractivity contribution in [1.29, 1.82) is 5.26 Å². The molecule has 0 aliphatic carbocycles. The zero-order valence-corrected chi connectivity index (χ0v) is 52.5. The van der Waals surface area contributed by atoms with E-state index in [1.54, 1.807) is 0 Å². The molecule has 458 valence electrons. The molecule has 0 aliphatic rings. The number of hydrogen-bond acceptors (Lipinski definition) is 1. The van der Waals surface area contributed by atoms with E-state index < -0.39 is 0 Å². The maximum atomic E-state index is 13.5. The van der Waals surface area contributed by atoms with Gasteiger partial charge in [-0.2, -0.15) is 5.26 Å². The molecule has 0 radical (unpaired) electrons. The normalized spacial score (nSPS) is 11.8. The summed E-state index contributed by atoms with van der Waals surface area (Å²) in [6.07, 6.45) is 0. The summed E-state index contributed by atoms with van der Waals surface area (Å²) in [5, 5.41) is 24.4. The average molecular weight is 1250 g/mol. The fourth-order valence-electron chi connectivity index (χ4n) is 16.1. The molecule has 0 amide bonds. The van der Waals surface area contributed by atoms with Crippen molar-refractivity contribution < 1.29 is 0 Å². The first-order valence-corrected chi connectivity index (χ1v) is 33.1. The summed E-state index contributed by atoms with van der Waals surface area (Å²) in [4.78, 5) is 0. The van der Waals surface area contributed by atoms with Crippen LogP contribution >= 0.6 is 0 Å². The monoisotopic (exact) mass is 1250 g/mol. The van der Waals surface area contributed by atoms with Crippen molar-refractivity contribution >= 4 is 109 Å². The maximum absolute atomic E-state index is 13.5. The molecule has 0 bridgehead atoms. The van der Waals surface area contributed by atoms with Crippen LogP contribution in [0.4, 0.5) is 0 Å². The number of aromatic nitrogens is 5. The summed E-state index contributed by atoms with van der Waals surface area (Å²) < 4.78 is 12.5. The van der Waals surface area contributed by atoms with Crippen LogP contribution in [0.5, 0.6) is 0 Å². The van der Waals surface area contributed by atoms with Gasteiger partial charge in [0.2, 0.25) is 0 Å². The highest BCUT2D eigenvalue weighted by Crippen LogP contribution is 2.53. The molecule has 15 aromatic carbocycles. The Morgan fingerprint density at radius 1 is 0.173 bits per heavy atom. The van der Waals surface area contributed by atoms with Crippen LogP contribution < -0.4 is 0 Å². The van der Waals surface area contributed by atoms with Crippen LogP contribution in [0.1, 0.15) is 13.0 Å². The van der Waals surface area contributed by atoms with Crippen molar-refractivity contribution in [2.75, 3.05) is 0 Å². The number of nitriles is 1. The van der Waals surface area contributed by atoms with E-state index in [0.29, 0.717) is 5.56 Å². The minimum Gasteiger partial charge on any atom is -0.306 e. The van der Waals surface area contributed by atoms with E-state index in [1.807, 2.05) is 0 Å². The Morgan fingerprint density at radius 3 is 0.582 bits per heavy atom. The van der Waals surface area contributed by atoms with Gasteiger partial charge in [0.25, 0.3) is 0 Å². The first kappa shape index (κ1) is 56.3. The number of nitrogens with zero attached hydrogens (tertiary/aromatic N) is 6. The van der Waals surface area contributed by atoms with Gasteiger partial charge in [-0.3, -0.25) is 0 Å². The smallest absolute Gasteiger partial charge is 0.105 e. The quantitative estimate of drug-likeness (QED) is 0.142. The third kappa shape index (κ3) is 8.27. The molecule has 0 aliphatic heterocycles. The number of rotatable bonds is 9. The van der Waals surface area contributed by atoms with Crippen molar-refractivity contribution in [3.8, 4) is 79.0 Å². The van der Waals surface area contributed by atoms with Gasteiger partial charge in [0, 0.05) is 53.9 Å². The van der Waals surface area contributed by atoms with Gasteiger partial charge in [0.15, 0.2) is 0 Å². The highest BCUT2D eigenvalue weighted by atomic mass is 15.2. The lowest BCUT2D eigenvalue weighted by Gasteiger charge is -2.30. The Balaban J connectivity index is 0.00000673. The van der Waals surface area contributed by atoms with E-state index in [4.69, 9.17) is 0 Å². The van der Waals surface area contributed by atoms with Gasteiger partial charge in [-0.15, -0.1) is 0 Å². The summed E-state index contributed by atoms with van der Waals surface area (Å²) >= 11 is 0. The number of benzene rings is 15. The van der Waals surface area contributed by atoms with Gasteiger partial charge < -0.3 is 22.8 Å². The third-order valence-corrected chi connectivity index (χ3v) is 20.3. The largest absolute Gasteiger partial charge is 0.306 e. The lowest BCUT2D eigenvalue weighted by atomic mass is 10.0. The predicted octanol–water partition coefficient (Wildman–Crippen LogP) is 24.3. The summed E-state index contributed by atoms with van der Waals surface area (Å²) in [5.41, 5.74) is 23.4. The molecule has 0 atom stereocenters. The minimum absolute atomic E-state index is 0. The fourth-order valence-corrected chi connectivity index (χ4v) is 16.1. The van der Waals surface area contributed by atoms with Gasteiger partial charge in [-0.25, -0.2) is 0 Å². The van der Waals surface area contributed by atoms with E-state index in [9.17, 15) is 5.26 Å². The summed E-state index contributed by atoms with van der Waals surface area (Å²) in [7, 11) is 0. The Morgan fingerprint density at radius 2 is 0.357 bits per heavy atom. The molecule has 20 aromatic rings. The van der Waals surface area contributed by atoms with Crippen molar-refractivity contribution in [3.05, 3.63) is 345 Å². The van der Waals surface area contributed by atoms with Crippen molar-refractivity contribution in [3.63, 3.8) is 0 Å². The standard InChI is InChI=1S/C91H56N6.CH4/c92-57-76-87(93-77-39-19-13-33-66(77)67-34-14-20-40-78(67)93)89(96-83-49-45-62(58-25-5-1-6-26-58)53-72(83)73-54-63(46-50-84(73)96)59-27-7-2-8-28-59)91(95-81-43-23-17-37-70(81)71-38-18-24-44-82(71)95)90(88(76)94-79-41-21-15-35-68(79)69-36-16-22-42-80(69)94)97-85-51-47-64(60-29-9-3-10-30-60)55-74(85)75-56-65(48-52-86(75)97)61-31-11-4-12-32-61;/h1-56H;1H4. The van der Waals surface area contributed by atoms with Crippen LogP contribution in [0.25, 0.3) is 182 Å². The van der Waals surface area contributed by atoms with E-state index in [2.05, 4.69) is 369 Å². The molecule has 0 N–H and O–H groups in total.